The lowest BCUT2D eigenvalue weighted by molar-refractivity contribution is 0.103. The molecule has 0 saturated heterocycles. The van der Waals surface area contributed by atoms with Crippen molar-refractivity contribution in [1.82, 2.24) is 0 Å². The molecular weight excluding hydrogens is 395 g/mol. The van der Waals surface area contributed by atoms with Gasteiger partial charge in [0.1, 0.15) is 0 Å². The maximum Gasteiger partial charge on any atom is 0.220 e. The number of hydrogen-bond donors (Lipinski definition) is 0. The summed E-state index contributed by atoms with van der Waals surface area (Å²) in [6.07, 6.45) is 0. The molecule has 0 aromatic heterocycles. The standard InChI is InChI=1S/C25H25O4P/c1-5-29-30(28)21-13-11-20(12-14-21)25(27)23-17(3)15-16(2)22(18(23)4)24(26)19-9-7-6-8-10-19/h6-15,30H,5H2,1-4H3. The van der Waals surface area contributed by atoms with E-state index in [9.17, 15) is 14.2 Å². The van der Waals surface area contributed by atoms with Gasteiger partial charge in [0.2, 0.25) is 8.03 Å². The van der Waals surface area contributed by atoms with Crippen LogP contribution in [0.1, 0.15) is 55.5 Å². The molecule has 3 aromatic carbocycles. The molecule has 30 heavy (non-hydrogen) atoms. The monoisotopic (exact) mass is 420 g/mol. The number of hydrogen-bond acceptors (Lipinski definition) is 4. The van der Waals surface area contributed by atoms with Gasteiger partial charge >= 0.3 is 0 Å². The second kappa shape index (κ2) is 9.34. The number of rotatable bonds is 7. The molecule has 0 amide bonds. The topological polar surface area (TPSA) is 60.4 Å². The first-order chi connectivity index (χ1) is 14.3. The van der Waals surface area contributed by atoms with E-state index in [2.05, 4.69) is 0 Å². The van der Waals surface area contributed by atoms with Crippen LogP contribution in [-0.2, 0) is 9.09 Å². The fraction of sp³-hybridized carbons (Fsp3) is 0.200. The van der Waals surface area contributed by atoms with E-state index in [0.29, 0.717) is 39.7 Å². The first-order valence-corrected chi connectivity index (χ1v) is 11.2. The summed E-state index contributed by atoms with van der Waals surface area (Å²) in [5, 5.41) is 0.579. The van der Waals surface area contributed by atoms with E-state index in [1.807, 2.05) is 45.0 Å². The molecule has 0 heterocycles. The minimum Gasteiger partial charge on any atom is -0.328 e. The Hall–Kier alpha value is -2.81. The minimum absolute atomic E-state index is 0.0923. The highest BCUT2D eigenvalue weighted by Gasteiger charge is 2.23. The van der Waals surface area contributed by atoms with Gasteiger partial charge in [0.15, 0.2) is 11.6 Å². The summed E-state index contributed by atoms with van der Waals surface area (Å²) in [5.74, 6) is -0.250. The molecule has 1 atom stereocenters. The van der Waals surface area contributed by atoms with Crippen LogP contribution >= 0.6 is 8.03 Å². The van der Waals surface area contributed by atoms with Crippen molar-refractivity contribution in [3.05, 3.63) is 99.6 Å². The molecule has 0 aliphatic rings. The number of benzene rings is 3. The smallest absolute Gasteiger partial charge is 0.220 e. The van der Waals surface area contributed by atoms with Gasteiger partial charge in [-0.1, -0.05) is 48.5 Å². The number of ketones is 2. The first-order valence-electron chi connectivity index (χ1n) is 9.87. The van der Waals surface area contributed by atoms with Crippen LogP contribution in [-0.4, -0.2) is 18.2 Å². The van der Waals surface area contributed by atoms with Crippen LogP contribution in [0.2, 0.25) is 0 Å². The summed E-state index contributed by atoms with van der Waals surface area (Å²) in [5.41, 5.74) is 4.53. The summed E-state index contributed by atoms with van der Waals surface area (Å²) in [6.45, 7) is 7.76. The Kier molecular flexibility index (Phi) is 6.81. The van der Waals surface area contributed by atoms with E-state index < -0.39 is 8.03 Å². The zero-order chi connectivity index (χ0) is 21.8. The highest BCUT2D eigenvalue weighted by molar-refractivity contribution is 7.48. The van der Waals surface area contributed by atoms with E-state index in [1.54, 1.807) is 43.3 Å². The molecule has 3 rings (SSSR count). The molecule has 3 aromatic rings. The third-order valence-electron chi connectivity index (χ3n) is 5.12. The molecule has 1 unspecified atom stereocenters. The van der Waals surface area contributed by atoms with E-state index in [4.69, 9.17) is 4.52 Å². The Balaban J connectivity index is 2.03. The van der Waals surface area contributed by atoms with Crippen LogP contribution in [0.25, 0.3) is 0 Å². The van der Waals surface area contributed by atoms with Gasteiger partial charge in [-0.15, -0.1) is 0 Å². The number of carbonyl (C=O) groups excluding carboxylic acids is 2. The van der Waals surface area contributed by atoms with Crippen molar-refractivity contribution >= 4 is 24.9 Å². The maximum absolute atomic E-state index is 13.3. The van der Waals surface area contributed by atoms with Crippen molar-refractivity contribution in [1.29, 1.82) is 0 Å². The Labute approximate surface area is 177 Å². The van der Waals surface area contributed by atoms with Gasteiger partial charge in [0, 0.05) is 27.6 Å². The van der Waals surface area contributed by atoms with Gasteiger partial charge in [0.25, 0.3) is 0 Å². The van der Waals surface area contributed by atoms with Crippen molar-refractivity contribution in [2.75, 3.05) is 6.61 Å². The number of carbonyl (C=O) groups is 2. The van der Waals surface area contributed by atoms with E-state index in [0.717, 1.165) is 11.1 Å². The fourth-order valence-electron chi connectivity index (χ4n) is 3.73. The van der Waals surface area contributed by atoms with Gasteiger partial charge in [0.05, 0.1) is 6.61 Å². The minimum atomic E-state index is -2.30. The molecular formula is C25H25O4P. The Morgan fingerprint density at radius 3 is 1.80 bits per heavy atom. The molecule has 4 nitrogen and oxygen atoms in total. The average Bonchev–Trinajstić information content (AvgIpc) is 2.74. The SMILES string of the molecule is CCO[PH](=O)c1ccc(C(=O)c2c(C)cc(C)c(C(=O)c3ccccc3)c2C)cc1. The lowest BCUT2D eigenvalue weighted by atomic mass is 9.86. The Bertz CT molecular complexity index is 1120. The lowest BCUT2D eigenvalue weighted by Gasteiger charge is -2.16. The van der Waals surface area contributed by atoms with Crippen LogP contribution in [0, 0.1) is 20.8 Å². The lowest BCUT2D eigenvalue weighted by Crippen LogP contribution is -2.14. The van der Waals surface area contributed by atoms with Crippen LogP contribution in [0.4, 0.5) is 0 Å². The van der Waals surface area contributed by atoms with E-state index in [-0.39, 0.29) is 11.6 Å². The van der Waals surface area contributed by atoms with Crippen LogP contribution in [0.3, 0.4) is 0 Å². The molecule has 0 aliphatic heterocycles. The zero-order valence-electron chi connectivity index (χ0n) is 17.6. The molecule has 0 N–H and O–H groups in total. The fourth-order valence-corrected chi connectivity index (χ4v) is 4.60. The quantitative estimate of drug-likeness (QED) is 0.389. The summed E-state index contributed by atoms with van der Waals surface area (Å²) < 4.78 is 17.2. The predicted octanol–water partition coefficient (Wildman–Crippen LogP) is 5.21. The summed E-state index contributed by atoms with van der Waals surface area (Å²) >= 11 is 0. The maximum atomic E-state index is 13.3. The average molecular weight is 420 g/mol. The molecule has 5 heteroatoms. The molecule has 0 radical (unpaired) electrons. The molecule has 0 spiro atoms. The van der Waals surface area contributed by atoms with Crippen molar-refractivity contribution in [3.63, 3.8) is 0 Å². The van der Waals surface area contributed by atoms with Crippen molar-refractivity contribution < 1.29 is 18.7 Å². The zero-order valence-corrected chi connectivity index (χ0v) is 18.6. The van der Waals surface area contributed by atoms with Crippen molar-refractivity contribution in [3.8, 4) is 0 Å². The summed E-state index contributed by atoms with van der Waals surface area (Å²) in [6, 6.07) is 17.6. The summed E-state index contributed by atoms with van der Waals surface area (Å²) in [4.78, 5) is 26.4. The van der Waals surface area contributed by atoms with E-state index >= 15 is 0 Å². The Morgan fingerprint density at radius 2 is 1.30 bits per heavy atom. The second-order valence-electron chi connectivity index (χ2n) is 7.21. The largest absolute Gasteiger partial charge is 0.328 e. The van der Waals surface area contributed by atoms with Crippen molar-refractivity contribution in [2.24, 2.45) is 0 Å². The molecule has 0 bridgehead atoms. The molecule has 0 saturated carbocycles. The molecule has 0 fully saturated rings. The predicted molar refractivity (Wildman–Crippen MR) is 121 cm³/mol. The Morgan fingerprint density at radius 1 is 0.800 bits per heavy atom. The highest BCUT2D eigenvalue weighted by atomic mass is 31.1. The molecule has 0 aliphatic carbocycles. The van der Waals surface area contributed by atoms with E-state index in [1.165, 1.54) is 0 Å². The van der Waals surface area contributed by atoms with Crippen LogP contribution < -0.4 is 5.30 Å². The highest BCUT2D eigenvalue weighted by Crippen LogP contribution is 2.28. The van der Waals surface area contributed by atoms with Gasteiger partial charge in [-0.3, -0.25) is 14.2 Å². The van der Waals surface area contributed by atoms with Gasteiger partial charge < -0.3 is 4.52 Å². The first kappa shape index (κ1) is 21.9. The van der Waals surface area contributed by atoms with Gasteiger partial charge in [-0.05, 0) is 56.5 Å². The summed E-state index contributed by atoms with van der Waals surface area (Å²) in [7, 11) is -2.30. The molecule has 154 valence electrons. The number of aryl methyl sites for hydroxylation is 2. The second-order valence-corrected chi connectivity index (χ2v) is 8.65. The van der Waals surface area contributed by atoms with Crippen molar-refractivity contribution in [2.45, 2.75) is 27.7 Å². The van der Waals surface area contributed by atoms with Gasteiger partial charge in [-0.25, -0.2) is 0 Å². The van der Waals surface area contributed by atoms with Gasteiger partial charge in [-0.2, -0.15) is 0 Å². The normalized spacial score (nSPS) is 11.9. The third-order valence-corrected chi connectivity index (χ3v) is 6.48. The third kappa shape index (κ3) is 4.35. The van der Waals surface area contributed by atoms with Crippen LogP contribution in [0.15, 0.2) is 60.7 Å². The van der Waals surface area contributed by atoms with Crippen LogP contribution in [0.5, 0.6) is 0 Å².